The fraction of sp³-hybridized carbons (Fsp3) is 0.417. The summed E-state index contributed by atoms with van der Waals surface area (Å²) in [4.78, 5) is 11.4. The number of rotatable bonds is 5. The topological polar surface area (TPSA) is 49.3 Å². The summed E-state index contributed by atoms with van der Waals surface area (Å²) in [5, 5.41) is 12.5. The number of carbonyl (C=O) groups is 1. The number of benzene rings is 1. The molecular formula is C12H15Cl2NO2. The van der Waals surface area contributed by atoms with Crippen molar-refractivity contribution in [2.75, 3.05) is 13.7 Å². The summed E-state index contributed by atoms with van der Waals surface area (Å²) in [6.45, 7) is 0.00447. The van der Waals surface area contributed by atoms with Gasteiger partial charge in [-0.2, -0.15) is 0 Å². The maximum Gasteiger partial charge on any atom is 0.220 e. The van der Waals surface area contributed by atoms with E-state index in [-0.39, 0.29) is 24.9 Å². The van der Waals surface area contributed by atoms with E-state index in [1.165, 1.54) is 0 Å². The normalized spacial score (nSPS) is 12.2. The van der Waals surface area contributed by atoms with E-state index in [0.717, 1.165) is 5.56 Å². The molecule has 17 heavy (non-hydrogen) atoms. The first-order chi connectivity index (χ1) is 8.10. The molecule has 0 radical (unpaired) electrons. The number of carbonyl (C=O) groups excluding carboxylic acids is 1. The van der Waals surface area contributed by atoms with Crippen LogP contribution in [0.4, 0.5) is 0 Å². The maximum atomic E-state index is 11.4. The molecule has 0 aliphatic carbocycles. The number of nitrogens with one attached hydrogen (secondary N) is 1. The van der Waals surface area contributed by atoms with Gasteiger partial charge in [-0.15, -0.1) is 0 Å². The summed E-state index contributed by atoms with van der Waals surface area (Å²) in [6, 6.07) is 5.32. The van der Waals surface area contributed by atoms with Gasteiger partial charge in [0.25, 0.3) is 0 Å². The van der Waals surface area contributed by atoms with E-state index in [1.54, 1.807) is 19.2 Å². The molecule has 1 unspecified atom stereocenters. The number of hydrogen-bond donors (Lipinski definition) is 2. The number of hydrogen-bond acceptors (Lipinski definition) is 2. The maximum absolute atomic E-state index is 11.4. The van der Waals surface area contributed by atoms with Crippen molar-refractivity contribution in [3.63, 3.8) is 0 Å². The molecule has 0 aliphatic heterocycles. The van der Waals surface area contributed by atoms with Crippen molar-refractivity contribution in [2.45, 2.75) is 18.8 Å². The number of halogens is 2. The summed E-state index contributed by atoms with van der Waals surface area (Å²) < 4.78 is 0. The first-order valence-corrected chi connectivity index (χ1v) is 6.11. The zero-order chi connectivity index (χ0) is 12.8. The summed E-state index contributed by atoms with van der Waals surface area (Å²) in [6.07, 6.45) is 0.768. The molecule has 1 aromatic carbocycles. The minimum atomic E-state index is -0.119. The zero-order valence-corrected chi connectivity index (χ0v) is 11.1. The molecule has 1 aromatic rings. The Bertz CT molecular complexity index is 396. The third-order valence-electron chi connectivity index (χ3n) is 2.61. The van der Waals surface area contributed by atoms with Crippen LogP contribution < -0.4 is 5.32 Å². The van der Waals surface area contributed by atoms with E-state index in [0.29, 0.717) is 16.5 Å². The fourth-order valence-corrected chi connectivity index (χ4v) is 2.15. The number of aliphatic hydroxyl groups is 1. The number of aliphatic hydroxyl groups excluding tert-OH is 1. The highest BCUT2D eigenvalue weighted by Crippen LogP contribution is 2.34. The average molecular weight is 276 g/mol. The smallest absolute Gasteiger partial charge is 0.220 e. The molecular weight excluding hydrogens is 261 g/mol. The van der Waals surface area contributed by atoms with E-state index in [1.807, 2.05) is 6.07 Å². The minimum absolute atomic E-state index is 0.00447. The Morgan fingerprint density at radius 2 is 2.18 bits per heavy atom. The highest BCUT2D eigenvalue weighted by atomic mass is 35.5. The van der Waals surface area contributed by atoms with Gasteiger partial charge in [-0.1, -0.05) is 35.3 Å². The summed E-state index contributed by atoms with van der Waals surface area (Å²) in [5.41, 5.74) is 0.803. The molecule has 0 aliphatic rings. The molecule has 94 valence electrons. The van der Waals surface area contributed by atoms with Crippen LogP contribution in [0.1, 0.15) is 24.3 Å². The third kappa shape index (κ3) is 3.87. The van der Waals surface area contributed by atoms with Crippen LogP contribution in [0.5, 0.6) is 0 Å². The van der Waals surface area contributed by atoms with Crippen molar-refractivity contribution < 1.29 is 9.90 Å². The lowest BCUT2D eigenvalue weighted by molar-refractivity contribution is -0.121. The van der Waals surface area contributed by atoms with Crippen LogP contribution in [0, 0.1) is 0 Å². The molecule has 0 saturated heterocycles. The SMILES string of the molecule is CNC(=O)CC(CCO)c1cccc(Cl)c1Cl. The molecule has 0 aromatic heterocycles. The lowest BCUT2D eigenvalue weighted by atomic mass is 9.92. The molecule has 0 bridgehead atoms. The Hall–Kier alpha value is -0.770. The predicted molar refractivity (Wildman–Crippen MR) is 69.6 cm³/mol. The third-order valence-corrected chi connectivity index (χ3v) is 3.44. The fourth-order valence-electron chi connectivity index (χ4n) is 1.68. The van der Waals surface area contributed by atoms with Gasteiger partial charge in [0.2, 0.25) is 5.91 Å². The van der Waals surface area contributed by atoms with Gasteiger partial charge in [0.15, 0.2) is 0 Å². The van der Waals surface area contributed by atoms with Gasteiger partial charge in [0.1, 0.15) is 0 Å². The van der Waals surface area contributed by atoms with Gasteiger partial charge < -0.3 is 10.4 Å². The average Bonchev–Trinajstić information content (AvgIpc) is 2.32. The summed E-state index contributed by atoms with van der Waals surface area (Å²) >= 11 is 12.0. The Balaban J connectivity index is 2.96. The number of amides is 1. The highest BCUT2D eigenvalue weighted by molar-refractivity contribution is 6.42. The lowest BCUT2D eigenvalue weighted by Crippen LogP contribution is -2.21. The Morgan fingerprint density at radius 3 is 2.76 bits per heavy atom. The van der Waals surface area contributed by atoms with Crippen molar-refractivity contribution in [1.82, 2.24) is 5.32 Å². The minimum Gasteiger partial charge on any atom is -0.396 e. The lowest BCUT2D eigenvalue weighted by Gasteiger charge is -2.17. The molecule has 0 saturated carbocycles. The molecule has 1 amide bonds. The van der Waals surface area contributed by atoms with Crippen LogP contribution >= 0.6 is 23.2 Å². The molecule has 0 spiro atoms. The van der Waals surface area contributed by atoms with Gasteiger partial charge in [-0.3, -0.25) is 4.79 Å². The predicted octanol–water partition coefficient (Wildman–Crippen LogP) is 2.60. The summed E-state index contributed by atoms with van der Waals surface area (Å²) in [5.74, 6) is -0.203. The van der Waals surface area contributed by atoms with Crippen molar-refractivity contribution in [3.05, 3.63) is 33.8 Å². The van der Waals surface area contributed by atoms with Crippen LogP contribution in [0.15, 0.2) is 18.2 Å². The first kappa shape index (κ1) is 14.3. The largest absolute Gasteiger partial charge is 0.396 e. The van der Waals surface area contributed by atoms with E-state index < -0.39 is 0 Å². The molecule has 1 rings (SSSR count). The van der Waals surface area contributed by atoms with Crippen LogP contribution in [0.3, 0.4) is 0 Å². The second kappa shape index (κ2) is 6.84. The molecule has 2 N–H and O–H groups in total. The van der Waals surface area contributed by atoms with Gasteiger partial charge in [-0.05, 0) is 24.0 Å². The molecule has 0 heterocycles. The van der Waals surface area contributed by atoms with Crippen molar-refractivity contribution >= 4 is 29.1 Å². The van der Waals surface area contributed by atoms with Gasteiger partial charge in [0.05, 0.1) is 10.0 Å². The van der Waals surface area contributed by atoms with Crippen LogP contribution in [-0.4, -0.2) is 24.7 Å². The molecule has 5 heteroatoms. The Morgan fingerprint density at radius 1 is 1.47 bits per heavy atom. The van der Waals surface area contributed by atoms with Gasteiger partial charge in [-0.25, -0.2) is 0 Å². The Kier molecular flexibility index (Phi) is 5.75. The Labute approximate surface area is 111 Å². The van der Waals surface area contributed by atoms with Crippen molar-refractivity contribution in [3.8, 4) is 0 Å². The molecule has 0 fully saturated rings. The highest BCUT2D eigenvalue weighted by Gasteiger charge is 2.18. The van der Waals surface area contributed by atoms with E-state index in [9.17, 15) is 4.79 Å². The van der Waals surface area contributed by atoms with Gasteiger partial charge in [0, 0.05) is 20.1 Å². The van der Waals surface area contributed by atoms with Crippen LogP contribution in [0.25, 0.3) is 0 Å². The second-order valence-electron chi connectivity index (χ2n) is 3.73. The van der Waals surface area contributed by atoms with Crippen molar-refractivity contribution in [2.24, 2.45) is 0 Å². The summed E-state index contributed by atoms with van der Waals surface area (Å²) in [7, 11) is 1.58. The van der Waals surface area contributed by atoms with Gasteiger partial charge >= 0.3 is 0 Å². The van der Waals surface area contributed by atoms with E-state index in [2.05, 4.69) is 5.32 Å². The van der Waals surface area contributed by atoms with Crippen LogP contribution in [-0.2, 0) is 4.79 Å². The zero-order valence-electron chi connectivity index (χ0n) is 9.54. The van der Waals surface area contributed by atoms with Crippen LogP contribution in [0.2, 0.25) is 10.0 Å². The molecule has 3 nitrogen and oxygen atoms in total. The monoisotopic (exact) mass is 275 g/mol. The van der Waals surface area contributed by atoms with E-state index in [4.69, 9.17) is 28.3 Å². The molecule has 1 atom stereocenters. The quantitative estimate of drug-likeness (QED) is 0.868. The second-order valence-corrected chi connectivity index (χ2v) is 4.51. The first-order valence-electron chi connectivity index (χ1n) is 5.35. The van der Waals surface area contributed by atoms with E-state index >= 15 is 0 Å². The van der Waals surface area contributed by atoms with Crippen molar-refractivity contribution in [1.29, 1.82) is 0 Å². The standard InChI is InChI=1S/C12H15Cl2NO2/c1-15-11(17)7-8(5-6-16)9-3-2-4-10(13)12(9)14/h2-4,8,16H,5-7H2,1H3,(H,15,17).